The first kappa shape index (κ1) is 16.5. The van der Waals surface area contributed by atoms with Gasteiger partial charge >= 0.3 is 0 Å². The third-order valence-corrected chi connectivity index (χ3v) is 4.47. The van der Waals surface area contributed by atoms with Crippen molar-refractivity contribution < 1.29 is 4.79 Å². The largest absolute Gasteiger partial charge is 0.350 e. The molecular formula is C14H23ClN2OS. The lowest BCUT2D eigenvalue weighted by molar-refractivity contribution is 0.0958. The normalized spacial score (nSPS) is 13.5. The van der Waals surface area contributed by atoms with Crippen molar-refractivity contribution in [3.8, 4) is 0 Å². The van der Waals surface area contributed by atoms with Crippen LogP contribution in [0.3, 0.4) is 0 Å². The minimum Gasteiger partial charge on any atom is -0.350 e. The minimum absolute atomic E-state index is 0. The van der Waals surface area contributed by atoms with Crippen LogP contribution in [-0.4, -0.2) is 25.5 Å². The third kappa shape index (κ3) is 4.79. The predicted octanol–water partition coefficient (Wildman–Crippen LogP) is 2.78. The monoisotopic (exact) mass is 302 g/mol. The molecule has 108 valence electrons. The maximum Gasteiger partial charge on any atom is 0.261 e. The molecule has 0 saturated carbocycles. The van der Waals surface area contributed by atoms with Crippen LogP contribution in [0.5, 0.6) is 0 Å². The Bertz CT molecular complexity index is 383. The summed E-state index contributed by atoms with van der Waals surface area (Å²) in [5, 5.41) is 6.26. The quantitative estimate of drug-likeness (QED) is 0.793. The van der Waals surface area contributed by atoms with Gasteiger partial charge in [-0.3, -0.25) is 4.79 Å². The summed E-state index contributed by atoms with van der Waals surface area (Å²) >= 11 is 1.68. The molecule has 0 unspecified atom stereocenters. The summed E-state index contributed by atoms with van der Waals surface area (Å²) in [4.78, 5) is 14.3. The first-order valence-corrected chi connectivity index (χ1v) is 7.73. The molecule has 2 N–H and O–H groups in total. The molecule has 0 bridgehead atoms. The molecule has 1 aliphatic carbocycles. The van der Waals surface area contributed by atoms with E-state index in [1.165, 1.54) is 23.3 Å². The molecule has 2 rings (SSSR count). The lowest BCUT2D eigenvalue weighted by Gasteiger charge is -2.08. The van der Waals surface area contributed by atoms with E-state index in [4.69, 9.17) is 0 Å². The van der Waals surface area contributed by atoms with E-state index >= 15 is 0 Å². The van der Waals surface area contributed by atoms with E-state index in [0.29, 0.717) is 6.54 Å². The molecule has 1 heterocycles. The minimum atomic E-state index is 0. The van der Waals surface area contributed by atoms with Crippen molar-refractivity contribution in [3.05, 3.63) is 21.4 Å². The molecule has 0 saturated heterocycles. The summed E-state index contributed by atoms with van der Waals surface area (Å²) in [6.07, 6.45) is 5.98. The number of carbonyl (C=O) groups excluding carboxylic acids is 1. The summed E-state index contributed by atoms with van der Waals surface area (Å²) in [5.74, 6) is 0.0905. The molecule has 0 aromatic carbocycles. The van der Waals surface area contributed by atoms with Gasteiger partial charge in [0.25, 0.3) is 5.91 Å². The fourth-order valence-electron chi connectivity index (χ4n) is 2.26. The van der Waals surface area contributed by atoms with E-state index in [2.05, 4.69) is 23.6 Å². The fourth-order valence-corrected chi connectivity index (χ4v) is 3.43. The van der Waals surface area contributed by atoms with E-state index in [-0.39, 0.29) is 18.3 Å². The van der Waals surface area contributed by atoms with Crippen LogP contribution in [0.15, 0.2) is 6.07 Å². The zero-order chi connectivity index (χ0) is 12.8. The third-order valence-electron chi connectivity index (χ3n) is 3.23. The summed E-state index contributed by atoms with van der Waals surface area (Å²) in [6, 6.07) is 2.09. The Hall–Kier alpha value is -0.580. The van der Waals surface area contributed by atoms with E-state index in [1.807, 2.05) is 0 Å². The number of carbonyl (C=O) groups is 1. The molecule has 19 heavy (non-hydrogen) atoms. The summed E-state index contributed by atoms with van der Waals surface area (Å²) in [7, 11) is 0. The van der Waals surface area contributed by atoms with Gasteiger partial charge in [0.05, 0.1) is 4.88 Å². The van der Waals surface area contributed by atoms with Crippen LogP contribution in [0.25, 0.3) is 0 Å². The number of rotatable bonds is 6. The van der Waals surface area contributed by atoms with Gasteiger partial charge in [-0.2, -0.15) is 0 Å². The molecular weight excluding hydrogens is 280 g/mol. The highest BCUT2D eigenvalue weighted by molar-refractivity contribution is 7.14. The van der Waals surface area contributed by atoms with E-state index < -0.39 is 0 Å². The highest BCUT2D eigenvalue weighted by Crippen LogP contribution is 2.29. The first-order chi connectivity index (χ1) is 8.81. The first-order valence-electron chi connectivity index (χ1n) is 6.91. The van der Waals surface area contributed by atoms with Crippen LogP contribution in [0.4, 0.5) is 0 Å². The van der Waals surface area contributed by atoms with Crippen LogP contribution in [0.2, 0.25) is 0 Å². The van der Waals surface area contributed by atoms with Gasteiger partial charge in [0.15, 0.2) is 0 Å². The summed E-state index contributed by atoms with van der Waals surface area (Å²) < 4.78 is 0. The topological polar surface area (TPSA) is 41.1 Å². The molecule has 0 spiro atoms. The van der Waals surface area contributed by atoms with Gasteiger partial charge in [-0.1, -0.05) is 6.92 Å². The fraction of sp³-hybridized carbons (Fsp3) is 0.643. The van der Waals surface area contributed by atoms with E-state index in [9.17, 15) is 4.79 Å². The van der Waals surface area contributed by atoms with Gasteiger partial charge in [-0.15, -0.1) is 23.7 Å². The molecule has 0 aliphatic heterocycles. The number of thiophene rings is 1. The standard InChI is InChI=1S/C14H22N2OS.ClH/c1-2-7-15-8-9-16-14(17)13-10-11-5-3-4-6-12(11)18-13;/h10,15H,2-9H2,1H3,(H,16,17);1H. The van der Waals surface area contributed by atoms with Crippen LogP contribution in [0, 0.1) is 0 Å². The van der Waals surface area contributed by atoms with Crippen LogP contribution >= 0.6 is 23.7 Å². The van der Waals surface area contributed by atoms with Gasteiger partial charge < -0.3 is 10.6 Å². The predicted molar refractivity (Wildman–Crippen MR) is 83.7 cm³/mol. The molecule has 1 aliphatic rings. The zero-order valence-corrected chi connectivity index (χ0v) is 13.1. The van der Waals surface area contributed by atoms with Gasteiger partial charge in [0, 0.05) is 18.0 Å². The van der Waals surface area contributed by atoms with Gasteiger partial charge in [0.2, 0.25) is 0 Å². The van der Waals surface area contributed by atoms with Crippen molar-refractivity contribution in [1.29, 1.82) is 0 Å². The number of fused-ring (bicyclic) bond motifs is 1. The number of nitrogens with one attached hydrogen (secondary N) is 2. The molecule has 5 heteroatoms. The SMILES string of the molecule is CCCNCCNC(=O)c1cc2c(s1)CCCC2.Cl. The van der Waals surface area contributed by atoms with Gasteiger partial charge in [-0.05, 0) is 50.3 Å². The molecule has 3 nitrogen and oxygen atoms in total. The maximum absolute atomic E-state index is 12.0. The summed E-state index contributed by atoms with van der Waals surface area (Å²) in [5.41, 5.74) is 1.40. The lowest BCUT2D eigenvalue weighted by Crippen LogP contribution is -2.31. The lowest BCUT2D eigenvalue weighted by atomic mass is 9.99. The Labute approximate surface area is 125 Å². The average molecular weight is 303 g/mol. The number of aryl methyl sites for hydroxylation is 2. The smallest absolute Gasteiger partial charge is 0.261 e. The zero-order valence-electron chi connectivity index (χ0n) is 11.5. The number of halogens is 1. The Morgan fingerprint density at radius 2 is 2.05 bits per heavy atom. The highest BCUT2D eigenvalue weighted by Gasteiger charge is 2.16. The van der Waals surface area contributed by atoms with Gasteiger partial charge in [0.1, 0.15) is 0 Å². The average Bonchev–Trinajstić information content (AvgIpc) is 2.82. The molecule has 0 fully saturated rings. The highest BCUT2D eigenvalue weighted by atomic mass is 35.5. The van der Waals surface area contributed by atoms with E-state index in [1.54, 1.807) is 11.3 Å². The Balaban J connectivity index is 0.00000180. The van der Waals surface area contributed by atoms with Crippen molar-refractivity contribution in [2.24, 2.45) is 0 Å². The second kappa shape index (κ2) is 8.56. The van der Waals surface area contributed by atoms with Gasteiger partial charge in [-0.25, -0.2) is 0 Å². The van der Waals surface area contributed by atoms with Crippen LogP contribution in [-0.2, 0) is 12.8 Å². The van der Waals surface area contributed by atoms with Crippen molar-refractivity contribution in [2.45, 2.75) is 39.0 Å². The Kier molecular flexibility index (Phi) is 7.42. The molecule has 1 amide bonds. The molecule has 0 atom stereocenters. The Morgan fingerprint density at radius 3 is 2.79 bits per heavy atom. The van der Waals surface area contributed by atoms with Crippen molar-refractivity contribution in [2.75, 3.05) is 19.6 Å². The summed E-state index contributed by atoms with van der Waals surface area (Å²) in [6.45, 7) is 4.72. The van der Waals surface area contributed by atoms with E-state index in [0.717, 1.165) is 37.2 Å². The van der Waals surface area contributed by atoms with Crippen LogP contribution < -0.4 is 10.6 Å². The maximum atomic E-state index is 12.0. The number of amides is 1. The number of hydrogen-bond acceptors (Lipinski definition) is 3. The second-order valence-electron chi connectivity index (χ2n) is 4.77. The van der Waals surface area contributed by atoms with Crippen molar-refractivity contribution in [1.82, 2.24) is 10.6 Å². The Morgan fingerprint density at radius 1 is 1.26 bits per heavy atom. The molecule has 1 aromatic heterocycles. The second-order valence-corrected chi connectivity index (χ2v) is 5.91. The molecule has 0 radical (unpaired) electrons. The van der Waals surface area contributed by atoms with Crippen molar-refractivity contribution in [3.63, 3.8) is 0 Å². The number of hydrogen-bond donors (Lipinski definition) is 2. The van der Waals surface area contributed by atoms with Crippen molar-refractivity contribution >= 4 is 29.7 Å². The molecule has 1 aromatic rings. The van der Waals surface area contributed by atoms with Crippen LogP contribution in [0.1, 0.15) is 46.3 Å².